The van der Waals surface area contributed by atoms with E-state index in [9.17, 15) is 4.39 Å². The SMILES string of the molecule is CCOc1cc(-c2nccn2C)cc(F)c1N. The molecule has 2 rings (SSSR count). The molecule has 0 unspecified atom stereocenters. The fourth-order valence-electron chi connectivity index (χ4n) is 1.64. The third kappa shape index (κ3) is 2.08. The van der Waals surface area contributed by atoms with Gasteiger partial charge < -0.3 is 15.0 Å². The van der Waals surface area contributed by atoms with E-state index in [0.717, 1.165) is 0 Å². The topological polar surface area (TPSA) is 53.1 Å². The van der Waals surface area contributed by atoms with Crippen LogP contribution < -0.4 is 10.5 Å². The predicted molar refractivity (Wildman–Crippen MR) is 64.2 cm³/mol. The van der Waals surface area contributed by atoms with Gasteiger partial charge in [0.2, 0.25) is 0 Å². The average molecular weight is 235 g/mol. The number of rotatable bonds is 3. The predicted octanol–water partition coefficient (Wildman–Crippen LogP) is 2.21. The Morgan fingerprint density at radius 2 is 2.24 bits per heavy atom. The molecule has 0 radical (unpaired) electrons. The molecule has 2 N–H and O–H groups in total. The van der Waals surface area contributed by atoms with Gasteiger partial charge in [-0.25, -0.2) is 9.37 Å². The molecule has 17 heavy (non-hydrogen) atoms. The molecule has 0 spiro atoms. The van der Waals surface area contributed by atoms with Crippen molar-refractivity contribution in [3.8, 4) is 17.1 Å². The second-order valence-electron chi connectivity index (χ2n) is 3.66. The Labute approximate surface area is 98.8 Å². The van der Waals surface area contributed by atoms with Gasteiger partial charge in [-0.15, -0.1) is 0 Å². The first kappa shape index (κ1) is 11.4. The number of aryl methyl sites for hydroxylation is 1. The number of hydrogen-bond acceptors (Lipinski definition) is 3. The van der Waals surface area contributed by atoms with Crippen LogP contribution in [0.3, 0.4) is 0 Å². The molecule has 1 aromatic heterocycles. The van der Waals surface area contributed by atoms with Gasteiger partial charge in [0, 0.05) is 25.0 Å². The average Bonchev–Trinajstić information content (AvgIpc) is 2.71. The lowest BCUT2D eigenvalue weighted by molar-refractivity contribution is 0.340. The second kappa shape index (κ2) is 4.45. The summed E-state index contributed by atoms with van der Waals surface area (Å²) in [6.07, 6.45) is 3.45. The van der Waals surface area contributed by atoms with E-state index in [1.807, 2.05) is 14.0 Å². The number of anilines is 1. The molecule has 1 aromatic carbocycles. The van der Waals surface area contributed by atoms with Crippen LogP contribution in [-0.4, -0.2) is 16.2 Å². The summed E-state index contributed by atoms with van der Waals surface area (Å²) in [6, 6.07) is 3.06. The second-order valence-corrected chi connectivity index (χ2v) is 3.66. The molecule has 2 aromatic rings. The van der Waals surface area contributed by atoms with Crippen LogP contribution in [-0.2, 0) is 7.05 Å². The molecule has 4 nitrogen and oxygen atoms in total. The maximum atomic E-state index is 13.6. The lowest BCUT2D eigenvalue weighted by Gasteiger charge is -2.10. The van der Waals surface area contributed by atoms with E-state index in [-0.39, 0.29) is 5.69 Å². The first-order valence-electron chi connectivity index (χ1n) is 5.33. The van der Waals surface area contributed by atoms with Gasteiger partial charge >= 0.3 is 0 Å². The highest BCUT2D eigenvalue weighted by atomic mass is 19.1. The molecule has 5 heteroatoms. The number of benzene rings is 1. The highest BCUT2D eigenvalue weighted by Gasteiger charge is 2.12. The molecule has 0 bridgehead atoms. The summed E-state index contributed by atoms with van der Waals surface area (Å²) in [5.41, 5.74) is 6.28. The van der Waals surface area contributed by atoms with Crippen molar-refractivity contribution in [3.63, 3.8) is 0 Å². The minimum Gasteiger partial charge on any atom is -0.492 e. The zero-order valence-electron chi connectivity index (χ0n) is 9.77. The maximum absolute atomic E-state index is 13.6. The molecule has 0 aliphatic carbocycles. The Morgan fingerprint density at radius 1 is 1.47 bits per heavy atom. The lowest BCUT2D eigenvalue weighted by atomic mass is 10.1. The summed E-state index contributed by atoms with van der Waals surface area (Å²) in [5.74, 6) is 0.532. The number of nitrogen functional groups attached to an aromatic ring is 1. The van der Waals surface area contributed by atoms with Gasteiger partial charge in [-0.05, 0) is 19.1 Å². The van der Waals surface area contributed by atoms with Crippen LogP contribution in [0.4, 0.5) is 10.1 Å². The summed E-state index contributed by atoms with van der Waals surface area (Å²) >= 11 is 0. The Morgan fingerprint density at radius 3 is 2.82 bits per heavy atom. The largest absolute Gasteiger partial charge is 0.492 e. The van der Waals surface area contributed by atoms with Gasteiger partial charge in [-0.3, -0.25) is 0 Å². The standard InChI is InChI=1S/C12H14FN3O/c1-3-17-10-7-8(6-9(13)11(10)14)12-15-4-5-16(12)2/h4-7H,3,14H2,1-2H3. The highest BCUT2D eigenvalue weighted by molar-refractivity contribution is 5.66. The molecule has 0 amide bonds. The number of halogens is 1. The van der Waals surface area contributed by atoms with Crippen LogP contribution in [0.1, 0.15) is 6.92 Å². The fraction of sp³-hybridized carbons (Fsp3) is 0.250. The van der Waals surface area contributed by atoms with Crippen molar-refractivity contribution in [1.82, 2.24) is 9.55 Å². The lowest BCUT2D eigenvalue weighted by Crippen LogP contribution is -2.01. The summed E-state index contributed by atoms with van der Waals surface area (Å²) in [5, 5.41) is 0. The van der Waals surface area contributed by atoms with E-state index in [4.69, 9.17) is 10.5 Å². The summed E-state index contributed by atoms with van der Waals surface area (Å²) in [4.78, 5) is 4.16. The van der Waals surface area contributed by atoms with Gasteiger partial charge in [0.15, 0.2) is 5.82 Å². The first-order valence-corrected chi connectivity index (χ1v) is 5.33. The molecule has 0 aliphatic heterocycles. The van der Waals surface area contributed by atoms with Crippen molar-refractivity contribution in [2.75, 3.05) is 12.3 Å². The van der Waals surface area contributed by atoms with E-state index in [1.165, 1.54) is 6.07 Å². The van der Waals surface area contributed by atoms with Crippen molar-refractivity contribution < 1.29 is 9.13 Å². The van der Waals surface area contributed by atoms with Crippen molar-refractivity contribution in [1.29, 1.82) is 0 Å². The zero-order valence-corrected chi connectivity index (χ0v) is 9.77. The van der Waals surface area contributed by atoms with Gasteiger partial charge in [0.1, 0.15) is 17.3 Å². The van der Waals surface area contributed by atoms with Crippen LogP contribution in [0, 0.1) is 5.82 Å². The third-order valence-corrected chi connectivity index (χ3v) is 2.47. The smallest absolute Gasteiger partial charge is 0.150 e. The Hall–Kier alpha value is -2.04. The number of imidazole rings is 1. The van der Waals surface area contributed by atoms with Gasteiger partial charge in [0.25, 0.3) is 0 Å². The molecule has 90 valence electrons. The van der Waals surface area contributed by atoms with E-state index in [1.54, 1.807) is 23.0 Å². The van der Waals surface area contributed by atoms with Crippen molar-refractivity contribution in [3.05, 3.63) is 30.3 Å². The van der Waals surface area contributed by atoms with E-state index in [2.05, 4.69) is 4.98 Å². The Kier molecular flexibility index (Phi) is 2.99. The molecule has 0 atom stereocenters. The number of nitrogens with zero attached hydrogens (tertiary/aromatic N) is 2. The molecular formula is C12H14FN3O. The normalized spacial score (nSPS) is 10.5. The monoisotopic (exact) mass is 235 g/mol. The number of nitrogens with two attached hydrogens (primary N) is 1. The molecule has 0 saturated heterocycles. The minimum atomic E-state index is -0.492. The Balaban J connectivity index is 2.53. The van der Waals surface area contributed by atoms with E-state index >= 15 is 0 Å². The first-order chi connectivity index (χ1) is 8.13. The molecule has 0 saturated carbocycles. The summed E-state index contributed by atoms with van der Waals surface area (Å²) < 4.78 is 20.7. The molecule has 1 heterocycles. The Bertz CT molecular complexity index is 537. The maximum Gasteiger partial charge on any atom is 0.150 e. The van der Waals surface area contributed by atoms with Crippen molar-refractivity contribution in [2.45, 2.75) is 6.92 Å². The number of aromatic nitrogens is 2. The third-order valence-electron chi connectivity index (χ3n) is 2.47. The van der Waals surface area contributed by atoms with Gasteiger partial charge in [-0.1, -0.05) is 0 Å². The molecule has 0 aliphatic rings. The van der Waals surface area contributed by atoms with Crippen LogP contribution in [0.25, 0.3) is 11.4 Å². The van der Waals surface area contributed by atoms with Crippen LogP contribution in [0.15, 0.2) is 24.5 Å². The van der Waals surface area contributed by atoms with E-state index in [0.29, 0.717) is 23.7 Å². The van der Waals surface area contributed by atoms with Crippen molar-refractivity contribution >= 4 is 5.69 Å². The van der Waals surface area contributed by atoms with Gasteiger partial charge in [-0.2, -0.15) is 0 Å². The van der Waals surface area contributed by atoms with Crippen LogP contribution >= 0.6 is 0 Å². The van der Waals surface area contributed by atoms with Crippen LogP contribution in [0.2, 0.25) is 0 Å². The number of hydrogen-bond donors (Lipinski definition) is 1. The van der Waals surface area contributed by atoms with Crippen LogP contribution in [0.5, 0.6) is 5.75 Å². The fourth-order valence-corrected chi connectivity index (χ4v) is 1.64. The quantitative estimate of drug-likeness (QED) is 0.830. The minimum absolute atomic E-state index is 0.0322. The van der Waals surface area contributed by atoms with Crippen molar-refractivity contribution in [2.24, 2.45) is 7.05 Å². The molecule has 0 fully saturated rings. The van der Waals surface area contributed by atoms with Gasteiger partial charge in [0.05, 0.1) is 6.61 Å². The summed E-state index contributed by atoms with van der Waals surface area (Å²) in [6.45, 7) is 2.26. The van der Waals surface area contributed by atoms with E-state index < -0.39 is 5.82 Å². The highest BCUT2D eigenvalue weighted by Crippen LogP contribution is 2.30. The zero-order chi connectivity index (χ0) is 12.4. The number of ether oxygens (including phenoxy) is 1. The summed E-state index contributed by atoms with van der Waals surface area (Å²) in [7, 11) is 1.84. The molecular weight excluding hydrogens is 221 g/mol.